The second-order valence-corrected chi connectivity index (χ2v) is 21.9. The number of phenolic OH excluding ortho intramolecular Hbond substituents is 2. The molecule has 0 spiro atoms. The SMILES string of the molecule is CC(C)(C)c1cc2c(O)c(c1)Cc1cc(C(C)(C)C)cc3c1OCC(=S)NCCCNC(=S)COc1c(cc(C(C)(C)C)cc1Cc1cc(C(C)(C)C)cc(c1O)C3)C2. The molecule has 59 heavy (non-hydrogen) atoms. The molecule has 4 aromatic carbocycles. The first kappa shape index (κ1) is 44.4. The van der Waals surface area contributed by atoms with Gasteiger partial charge in [-0.3, -0.25) is 0 Å². The van der Waals surface area contributed by atoms with Crippen molar-refractivity contribution >= 4 is 34.4 Å². The van der Waals surface area contributed by atoms with Gasteiger partial charge >= 0.3 is 0 Å². The van der Waals surface area contributed by atoms with Gasteiger partial charge in [-0.05, 0) is 94.8 Å². The summed E-state index contributed by atoms with van der Waals surface area (Å²) in [6.45, 7) is 28.4. The van der Waals surface area contributed by atoms with Gasteiger partial charge in [-0.2, -0.15) is 0 Å². The molecule has 0 saturated heterocycles. The lowest BCUT2D eigenvalue weighted by molar-refractivity contribution is 0.364. The standard InChI is InChI=1S/C51H66N2O4S2/c1-48(2,3)38-20-30-16-34-24-40(50(7,8)9)26-36-18-32-22-39(49(4,5)6)23-33(45(32)55)19-37-27-41(51(10,11)12)25-35(17-31(21-38)44(30)54)47(37)57-29-43(59)53-15-13-14-52-42(58)28-56-46(34)36/h20-27,54-55H,13-19,28-29H2,1-12H3,(H,52,58)(H,53,59). The molecule has 0 radical (unpaired) electrons. The number of rotatable bonds is 0. The molecule has 1 aliphatic carbocycles. The maximum Gasteiger partial charge on any atom is 0.138 e. The van der Waals surface area contributed by atoms with E-state index in [4.69, 9.17) is 33.9 Å². The second kappa shape index (κ2) is 16.7. The number of benzene rings is 4. The molecule has 6 rings (SSSR count). The normalized spacial score (nSPS) is 15.9. The van der Waals surface area contributed by atoms with Crippen LogP contribution < -0.4 is 20.1 Å². The van der Waals surface area contributed by atoms with E-state index in [1.54, 1.807) is 0 Å². The Morgan fingerprint density at radius 1 is 0.424 bits per heavy atom. The molecule has 0 atom stereocenters. The molecule has 0 fully saturated rings. The predicted octanol–water partition coefficient (Wildman–Crippen LogP) is 11.0. The van der Waals surface area contributed by atoms with Gasteiger partial charge in [-0.15, -0.1) is 0 Å². The molecule has 0 unspecified atom stereocenters. The smallest absolute Gasteiger partial charge is 0.138 e. The van der Waals surface area contributed by atoms with E-state index in [9.17, 15) is 10.2 Å². The molecule has 0 aromatic heterocycles. The highest BCUT2D eigenvalue weighted by atomic mass is 32.1. The summed E-state index contributed by atoms with van der Waals surface area (Å²) in [5, 5.41) is 31.7. The molecular weight excluding hydrogens is 769 g/mol. The third-order valence-corrected chi connectivity index (χ3v) is 12.2. The van der Waals surface area contributed by atoms with Gasteiger partial charge in [0, 0.05) is 38.8 Å². The number of fused-ring (bicyclic) bond motifs is 2. The van der Waals surface area contributed by atoms with Crippen molar-refractivity contribution in [3.05, 3.63) is 115 Å². The summed E-state index contributed by atoms with van der Waals surface area (Å²) in [7, 11) is 0. The van der Waals surface area contributed by atoms with Crippen molar-refractivity contribution in [3.63, 3.8) is 0 Å². The first-order chi connectivity index (χ1) is 27.4. The van der Waals surface area contributed by atoms with E-state index in [2.05, 4.69) is 142 Å². The number of phenols is 2. The van der Waals surface area contributed by atoms with E-state index in [0.717, 1.165) is 84.7 Å². The molecule has 4 aromatic rings. The van der Waals surface area contributed by atoms with Crippen molar-refractivity contribution in [2.45, 2.75) is 137 Å². The highest BCUT2D eigenvalue weighted by Gasteiger charge is 2.29. The first-order valence-corrected chi connectivity index (χ1v) is 22.0. The van der Waals surface area contributed by atoms with Crippen molar-refractivity contribution < 1.29 is 19.7 Å². The Labute approximate surface area is 364 Å². The summed E-state index contributed by atoms with van der Waals surface area (Å²) in [6.07, 6.45) is 2.55. The minimum absolute atomic E-state index is 0.189. The van der Waals surface area contributed by atoms with Crippen LogP contribution in [-0.4, -0.2) is 46.5 Å². The van der Waals surface area contributed by atoms with Gasteiger partial charge in [0.25, 0.3) is 0 Å². The lowest BCUT2D eigenvalue weighted by Crippen LogP contribution is -2.33. The molecule has 6 nitrogen and oxygen atoms in total. The van der Waals surface area contributed by atoms with Crippen molar-refractivity contribution in [1.29, 1.82) is 0 Å². The van der Waals surface area contributed by atoms with E-state index in [1.165, 1.54) is 0 Å². The van der Waals surface area contributed by atoms with Crippen LogP contribution in [0.4, 0.5) is 0 Å². The molecule has 316 valence electrons. The van der Waals surface area contributed by atoms with Gasteiger partial charge < -0.3 is 30.3 Å². The monoisotopic (exact) mass is 834 g/mol. The lowest BCUT2D eigenvalue weighted by atomic mass is 9.79. The summed E-state index contributed by atoms with van der Waals surface area (Å²) >= 11 is 11.7. The number of aromatic hydroxyl groups is 2. The zero-order valence-electron chi connectivity index (χ0n) is 37.5. The third-order valence-electron chi connectivity index (χ3n) is 11.7. The van der Waals surface area contributed by atoms with E-state index in [0.29, 0.717) is 48.7 Å². The largest absolute Gasteiger partial charge is 0.507 e. The van der Waals surface area contributed by atoms with Crippen LogP contribution >= 0.6 is 24.4 Å². The van der Waals surface area contributed by atoms with Gasteiger partial charge in [0.05, 0.1) is 0 Å². The summed E-state index contributed by atoms with van der Waals surface area (Å²) in [6, 6.07) is 17.6. The summed E-state index contributed by atoms with van der Waals surface area (Å²) < 4.78 is 13.7. The Kier molecular flexibility index (Phi) is 12.6. The van der Waals surface area contributed by atoms with Crippen molar-refractivity contribution in [3.8, 4) is 23.0 Å². The van der Waals surface area contributed by atoms with Crippen molar-refractivity contribution in [2.24, 2.45) is 0 Å². The lowest BCUT2D eigenvalue weighted by Gasteiger charge is -2.28. The average molecular weight is 835 g/mol. The van der Waals surface area contributed by atoms with Gasteiger partial charge in [0.15, 0.2) is 0 Å². The van der Waals surface area contributed by atoms with Gasteiger partial charge in [0.1, 0.15) is 46.2 Å². The molecule has 0 saturated carbocycles. The van der Waals surface area contributed by atoms with Gasteiger partial charge in [-0.1, -0.05) is 156 Å². The molecule has 4 N–H and O–H groups in total. The van der Waals surface area contributed by atoms with Crippen molar-refractivity contribution in [2.75, 3.05) is 26.3 Å². The van der Waals surface area contributed by atoms with E-state index < -0.39 is 0 Å². The highest BCUT2D eigenvalue weighted by Crippen LogP contribution is 2.43. The highest BCUT2D eigenvalue weighted by molar-refractivity contribution is 7.80. The third kappa shape index (κ3) is 10.4. The van der Waals surface area contributed by atoms with Crippen LogP contribution in [0, 0.1) is 0 Å². The van der Waals surface area contributed by atoms with E-state index >= 15 is 0 Å². The topological polar surface area (TPSA) is 83.0 Å². The summed E-state index contributed by atoms with van der Waals surface area (Å²) in [5.41, 5.74) is 11.0. The quantitative estimate of drug-likeness (QED) is 0.115. The fourth-order valence-electron chi connectivity index (χ4n) is 7.94. The zero-order valence-corrected chi connectivity index (χ0v) is 39.1. The fourth-order valence-corrected chi connectivity index (χ4v) is 8.26. The minimum Gasteiger partial charge on any atom is -0.507 e. The van der Waals surface area contributed by atoms with Crippen LogP contribution in [0.1, 0.15) is 156 Å². The summed E-state index contributed by atoms with van der Waals surface area (Å²) in [5.74, 6) is 2.01. The Balaban J connectivity index is 1.76. The van der Waals surface area contributed by atoms with Crippen LogP contribution in [0.5, 0.6) is 23.0 Å². The Hall–Kier alpha value is -4.14. The first-order valence-electron chi connectivity index (χ1n) is 21.2. The molecular formula is C51H66N2O4S2. The number of nitrogens with one attached hydrogen (secondary N) is 2. The maximum atomic E-state index is 12.5. The number of ether oxygens (including phenoxy) is 2. The van der Waals surface area contributed by atoms with Crippen LogP contribution in [0.15, 0.2) is 48.5 Å². The van der Waals surface area contributed by atoms with Crippen LogP contribution in [0.3, 0.4) is 0 Å². The maximum absolute atomic E-state index is 12.5. The van der Waals surface area contributed by atoms with Crippen molar-refractivity contribution in [1.82, 2.24) is 10.6 Å². The fraction of sp³-hybridized carbons (Fsp3) is 0.490. The Bertz CT molecular complexity index is 2010. The number of thiocarbonyl (C=S) groups is 2. The van der Waals surface area contributed by atoms with Crippen LogP contribution in [0.2, 0.25) is 0 Å². The second-order valence-electron chi connectivity index (χ2n) is 20.9. The zero-order chi connectivity index (χ0) is 43.2. The van der Waals surface area contributed by atoms with Gasteiger partial charge in [0.2, 0.25) is 0 Å². The molecule has 2 aliphatic rings. The molecule has 0 amide bonds. The van der Waals surface area contributed by atoms with E-state index in [1.807, 2.05) is 0 Å². The minimum atomic E-state index is -0.192. The van der Waals surface area contributed by atoms with E-state index in [-0.39, 0.29) is 46.4 Å². The average Bonchev–Trinajstić information content (AvgIpc) is 3.11. The number of hydrogen-bond donors (Lipinski definition) is 4. The van der Waals surface area contributed by atoms with Crippen LogP contribution in [0.25, 0.3) is 0 Å². The van der Waals surface area contributed by atoms with Gasteiger partial charge in [-0.25, -0.2) is 0 Å². The summed E-state index contributed by atoms with van der Waals surface area (Å²) in [4.78, 5) is 1.21. The Morgan fingerprint density at radius 3 is 0.898 bits per heavy atom. The van der Waals surface area contributed by atoms with Crippen LogP contribution in [-0.2, 0) is 47.3 Å². The molecule has 8 heteroatoms. The molecule has 1 heterocycles. The number of hydrogen-bond acceptors (Lipinski definition) is 6. The Morgan fingerprint density at radius 2 is 0.661 bits per heavy atom. The predicted molar refractivity (Wildman–Crippen MR) is 252 cm³/mol. The molecule has 10 bridgehead atoms. The molecule has 1 aliphatic heterocycles.